The van der Waals surface area contributed by atoms with Crippen LogP contribution in [-0.2, 0) is 6.42 Å². The van der Waals surface area contributed by atoms with Crippen molar-refractivity contribution in [3.05, 3.63) is 23.8 Å². The lowest BCUT2D eigenvalue weighted by Crippen LogP contribution is -2.30. The molecule has 0 heterocycles. The van der Waals surface area contributed by atoms with E-state index in [1.165, 1.54) is 76.4 Å². The van der Waals surface area contributed by atoms with Crippen LogP contribution in [0.2, 0.25) is 0 Å². The van der Waals surface area contributed by atoms with Crippen molar-refractivity contribution in [3.63, 3.8) is 0 Å². The van der Waals surface area contributed by atoms with E-state index in [0.29, 0.717) is 0 Å². The lowest BCUT2D eigenvalue weighted by molar-refractivity contribution is 0.229. The minimum absolute atomic E-state index is 0.806. The SMILES string of the molecule is COc1ccc(CCN(CCCCCCN)CCC2CCCCC2)cc1OC. The summed E-state index contributed by atoms with van der Waals surface area (Å²) >= 11 is 0. The molecule has 0 unspecified atom stereocenters. The highest BCUT2D eigenvalue weighted by Gasteiger charge is 2.15. The minimum atomic E-state index is 0.806. The Morgan fingerprint density at radius 2 is 1.64 bits per heavy atom. The number of methoxy groups -OCH3 is 2. The molecule has 0 amide bonds. The van der Waals surface area contributed by atoms with Crippen LogP contribution < -0.4 is 15.2 Å². The zero-order valence-corrected chi connectivity index (χ0v) is 18.3. The Morgan fingerprint density at radius 3 is 2.36 bits per heavy atom. The first-order valence-corrected chi connectivity index (χ1v) is 11.4. The van der Waals surface area contributed by atoms with Crippen LogP contribution in [-0.4, -0.2) is 45.3 Å². The molecule has 2 N–H and O–H groups in total. The first-order chi connectivity index (χ1) is 13.8. The van der Waals surface area contributed by atoms with Gasteiger partial charge in [0.15, 0.2) is 11.5 Å². The molecule has 0 spiro atoms. The van der Waals surface area contributed by atoms with Crippen molar-refractivity contribution in [1.82, 2.24) is 4.90 Å². The topological polar surface area (TPSA) is 47.7 Å². The van der Waals surface area contributed by atoms with E-state index >= 15 is 0 Å². The molecule has 0 aliphatic heterocycles. The summed E-state index contributed by atoms with van der Waals surface area (Å²) in [6.45, 7) is 4.41. The van der Waals surface area contributed by atoms with Gasteiger partial charge in [0.05, 0.1) is 14.2 Å². The summed E-state index contributed by atoms with van der Waals surface area (Å²) in [5.74, 6) is 2.59. The smallest absolute Gasteiger partial charge is 0.160 e. The Labute approximate surface area is 172 Å². The van der Waals surface area contributed by atoms with E-state index in [9.17, 15) is 0 Å². The Morgan fingerprint density at radius 1 is 0.893 bits per heavy atom. The summed E-state index contributed by atoms with van der Waals surface area (Å²) in [6.07, 6.45) is 14.7. The van der Waals surface area contributed by atoms with Gasteiger partial charge in [0.2, 0.25) is 0 Å². The third-order valence-corrected chi connectivity index (χ3v) is 6.17. The van der Waals surface area contributed by atoms with Gasteiger partial charge in [-0.05, 0) is 68.9 Å². The normalized spacial score (nSPS) is 15.1. The van der Waals surface area contributed by atoms with E-state index in [1.807, 2.05) is 6.07 Å². The predicted molar refractivity (Wildman–Crippen MR) is 118 cm³/mol. The quantitative estimate of drug-likeness (QED) is 0.452. The van der Waals surface area contributed by atoms with Gasteiger partial charge in [-0.25, -0.2) is 0 Å². The van der Waals surface area contributed by atoms with Crippen LogP contribution >= 0.6 is 0 Å². The Bertz CT molecular complexity index is 529. The zero-order valence-electron chi connectivity index (χ0n) is 18.3. The summed E-state index contributed by atoms with van der Waals surface area (Å²) in [7, 11) is 3.40. The molecule has 1 aliphatic carbocycles. The molecular formula is C24H42N2O2. The van der Waals surface area contributed by atoms with Crippen LogP contribution in [0.3, 0.4) is 0 Å². The van der Waals surface area contributed by atoms with Gasteiger partial charge in [-0.15, -0.1) is 0 Å². The van der Waals surface area contributed by atoms with E-state index in [0.717, 1.165) is 43.3 Å². The number of unbranched alkanes of at least 4 members (excludes halogenated alkanes) is 3. The van der Waals surface area contributed by atoms with Crippen molar-refractivity contribution in [3.8, 4) is 11.5 Å². The van der Waals surface area contributed by atoms with Gasteiger partial charge in [-0.1, -0.05) is 51.0 Å². The van der Waals surface area contributed by atoms with Gasteiger partial charge in [0.1, 0.15) is 0 Å². The van der Waals surface area contributed by atoms with Crippen molar-refractivity contribution >= 4 is 0 Å². The maximum absolute atomic E-state index is 5.63. The second-order valence-corrected chi connectivity index (χ2v) is 8.28. The monoisotopic (exact) mass is 390 g/mol. The highest BCUT2D eigenvalue weighted by Crippen LogP contribution is 2.28. The molecule has 160 valence electrons. The van der Waals surface area contributed by atoms with E-state index in [4.69, 9.17) is 15.2 Å². The van der Waals surface area contributed by atoms with E-state index in [2.05, 4.69) is 17.0 Å². The van der Waals surface area contributed by atoms with Gasteiger partial charge >= 0.3 is 0 Å². The van der Waals surface area contributed by atoms with Crippen molar-refractivity contribution in [2.24, 2.45) is 11.7 Å². The maximum atomic E-state index is 5.63. The molecule has 1 aliphatic rings. The lowest BCUT2D eigenvalue weighted by atomic mass is 9.87. The van der Waals surface area contributed by atoms with E-state index < -0.39 is 0 Å². The Hall–Kier alpha value is -1.26. The third kappa shape index (κ3) is 8.40. The minimum Gasteiger partial charge on any atom is -0.493 e. The van der Waals surface area contributed by atoms with Gasteiger partial charge in [0.25, 0.3) is 0 Å². The first-order valence-electron chi connectivity index (χ1n) is 11.4. The molecule has 0 radical (unpaired) electrons. The Balaban J connectivity index is 1.84. The van der Waals surface area contributed by atoms with E-state index in [-0.39, 0.29) is 0 Å². The molecule has 2 rings (SSSR count). The summed E-state index contributed by atoms with van der Waals surface area (Å²) in [4.78, 5) is 2.69. The fourth-order valence-electron chi connectivity index (χ4n) is 4.33. The standard InChI is InChI=1S/C24H42N2O2/c1-27-23-13-12-22(20-24(23)28-2)15-19-26(17-9-4-3-8-16-25)18-14-21-10-6-5-7-11-21/h12-13,20-21H,3-11,14-19,25H2,1-2H3. The zero-order chi connectivity index (χ0) is 20.0. The summed E-state index contributed by atoms with van der Waals surface area (Å²) in [6, 6.07) is 6.31. The number of hydrogen-bond donors (Lipinski definition) is 1. The van der Waals surface area contributed by atoms with Crippen molar-refractivity contribution in [2.45, 2.75) is 70.6 Å². The van der Waals surface area contributed by atoms with Crippen molar-refractivity contribution < 1.29 is 9.47 Å². The van der Waals surface area contributed by atoms with Crippen LogP contribution in [0, 0.1) is 5.92 Å². The summed E-state index contributed by atoms with van der Waals surface area (Å²) in [5.41, 5.74) is 6.95. The average molecular weight is 391 g/mol. The predicted octanol–water partition coefficient (Wildman–Crippen LogP) is 5.04. The summed E-state index contributed by atoms with van der Waals surface area (Å²) in [5, 5.41) is 0. The lowest BCUT2D eigenvalue weighted by Gasteiger charge is -2.27. The molecular weight excluding hydrogens is 348 g/mol. The molecule has 28 heavy (non-hydrogen) atoms. The van der Waals surface area contributed by atoms with Gasteiger partial charge in [0, 0.05) is 6.54 Å². The second kappa shape index (κ2) is 13.8. The van der Waals surface area contributed by atoms with Crippen LogP contribution in [0.1, 0.15) is 69.8 Å². The fourth-order valence-corrected chi connectivity index (χ4v) is 4.33. The molecule has 0 bridgehead atoms. The number of hydrogen-bond acceptors (Lipinski definition) is 4. The van der Waals surface area contributed by atoms with Crippen LogP contribution in [0.4, 0.5) is 0 Å². The fraction of sp³-hybridized carbons (Fsp3) is 0.750. The highest BCUT2D eigenvalue weighted by atomic mass is 16.5. The number of benzene rings is 1. The molecule has 4 nitrogen and oxygen atoms in total. The molecule has 1 aromatic rings. The number of rotatable bonds is 14. The molecule has 0 saturated heterocycles. The van der Waals surface area contributed by atoms with Crippen LogP contribution in [0.25, 0.3) is 0 Å². The molecule has 1 aromatic carbocycles. The highest BCUT2D eigenvalue weighted by molar-refractivity contribution is 5.42. The van der Waals surface area contributed by atoms with Gasteiger partial charge in [-0.2, -0.15) is 0 Å². The van der Waals surface area contributed by atoms with Gasteiger partial charge < -0.3 is 20.1 Å². The number of nitrogens with two attached hydrogens (primary N) is 1. The maximum Gasteiger partial charge on any atom is 0.160 e. The molecule has 1 fully saturated rings. The van der Waals surface area contributed by atoms with Crippen molar-refractivity contribution in [1.29, 1.82) is 0 Å². The number of ether oxygens (including phenoxy) is 2. The van der Waals surface area contributed by atoms with Crippen molar-refractivity contribution in [2.75, 3.05) is 40.4 Å². The van der Waals surface area contributed by atoms with Crippen LogP contribution in [0.5, 0.6) is 11.5 Å². The Kier molecular flexibility index (Phi) is 11.4. The largest absolute Gasteiger partial charge is 0.493 e. The third-order valence-electron chi connectivity index (χ3n) is 6.17. The first kappa shape index (κ1) is 23.0. The molecule has 0 aromatic heterocycles. The molecule has 1 saturated carbocycles. The molecule has 4 heteroatoms. The summed E-state index contributed by atoms with van der Waals surface area (Å²) < 4.78 is 10.8. The average Bonchev–Trinajstić information content (AvgIpc) is 2.75. The number of nitrogens with zero attached hydrogens (tertiary/aromatic N) is 1. The van der Waals surface area contributed by atoms with E-state index in [1.54, 1.807) is 14.2 Å². The molecule has 0 atom stereocenters. The van der Waals surface area contributed by atoms with Gasteiger partial charge in [-0.3, -0.25) is 0 Å². The van der Waals surface area contributed by atoms with Crippen LogP contribution in [0.15, 0.2) is 18.2 Å². The second-order valence-electron chi connectivity index (χ2n) is 8.28.